The zero-order valence-electron chi connectivity index (χ0n) is 13.4. The highest BCUT2D eigenvalue weighted by Crippen LogP contribution is 2.49. The van der Waals surface area contributed by atoms with Crippen molar-refractivity contribution in [3.63, 3.8) is 0 Å². The van der Waals surface area contributed by atoms with E-state index in [1.54, 1.807) is 12.4 Å². The Bertz CT molecular complexity index is 926. The lowest BCUT2D eigenvalue weighted by Gasteiger charge is -2.13. The molecule has 1 aliphatic heterocycles. The van der Waals surface area contributed by atoms with Crippen LogP contribution in [-0.4, -0.2) is 33.0 Å². The zero-order valence-corrected chi connectivity index (χ0v) is 14.2. The Kier molecular flexibility index (Phi) is 3.57. The van der Waals surface area contributed by atoms with Crippen LogP contribution in [0.1, 0.15) is 18.4 Å². The maximum Gasteiger partial charge on any atom is 0.316 e. The first-order chi connectivity index (χ1) is 12.0. The number of nitrogens with zero attached hydrogens (tertiary/aromatic N) is 2. The fourth-order valence-corrected chi connectivity index (χ4v) is 3.83. The Balaban J connectivity index is 1.60. The highest BCUT2D eigenvalue weighted by atomic mass is 32.2. The van der Waals surface area contributed by atoms with Crippen molar-refractivity contribution >= 4 is 27.9 Å². The van der Waals surface area contributed by atoms with Gasteiger partial charge in [0.25, 0.3) is 5.91 Å². The first kappa shape index (κ1) is 15.8. The van der Waals surface area contributed by atoms with Gasteiger partial charge in [-0.05, 0) is 24.0 Å². The summed E-state index contributed by atoms with van der Waals surface area (Å²) in [5, 5.41) is 4.47. The molecular formula is C17H15N3O4S. The van der Waals surface area contributed by atoms with E-state index < -0.39 is 22.3 Å². The maximum atomic E-state index is 12.0. The molecule has 128 valence electrons. The lowest BCUT2D eigenvalue weighted by molar-refractivity contribution is -0.143. The fraction of sp³-hybridized carbons (Fsp3) is 0.235. The predicted molar refractivity (Wildman–Crippen MR) is 91.1 cm³/mol. The molecule has 1 aromatic carbocycles. The van der Waals surface area contributed by atoms with Gasteiger partial charge in [-0.25, -0.2) is 8.89 Å². The van der Waals surface area contributed by atoms with E-state index in [4.69, 9.17) is 4.74 Å². The van der Waals surface area contributed by atoms with E-state index in [1.165, 1.54) is 17.9 Å². The van der Waals surface area contributed by atoms with Crippen LogP contribution in [0.3, 0.4) is 0 Å². The minimum Gasteiger partial charge on any atom is -0.468 e. The highest BCUT2D eigenvalue weighted by Gasteiger charge is 2.52. The number of esters is 1. The SMILES string of the molecule is COC(=O)C1(c2ccc(-c3cnn(C4=CC(=O)NS4=O)c3)cc2)CC1. The Morgan fingerprint density at radius 2 is 2.00 bits per heavy atom. The molecule has 1 amide bonds. The highest BCUT2D eigenvalue weighted by molar-refractivity contribution is 7.93. The second-order valence-corrected chi connectivity index (χ2v) is 7.20. The minimum absolute atomic E-state index is 0.194. The number of hydrogen-bond acceptors (Lipinski definition) is 5. The lowest BCUT2D eigenvalue weighted by atomic mass is 9.94. The standard InChI is InChI=1S/C17H15N3O4S/c1-24-16(22)17(6-7-17)13-4-2-11(3-5-13)12-9-18-20(10-12)15-8-14(21)19-25(15)23/h2-5,8-10H,6-7H2,1H3,(H,19,21). The van der Waals surface area contributed by atoms with Gasteiger partial charge < -0.3 is 4.74 Å². The van der Waals surface area contributed by atoms with E-state index in [0.29, 0.717) is 5.03 Å². The van der Waals surface area contributed by atoms with Crippen LogP contribution in [0.5, 0.6) is 0 Å². The molecular weight excluding hydrogens is 342 g/mol. The van der Waals surface area contributed by atoms with Crippen molar-refractivity contribution in [2.75, 3.05) is 7.11 Å². The van der Waals surface area contributed by atoms with Crippen LogP contribution in [0.2, 0.25) is 0 Å². The molecule has 7 nitrogen and oxygen atoms in total. The number of hydrogen-bond donors (Lipinski definition) is 1. The average Bonchev–Trinajstić information content (AvgIpc) is 3.16. The number of rotatable bonds is 4. The number of carbonyl (C=O) groups is 2. The number of aromatic nitrogens is 2. The van der Waals surface area contributed by atoms with Gasteiger partial charge in [-0.15, -0.1) is 0 Å². The van der Waals surface area contributed by atoms with Crippen molar-refractivity contribution in [2.45, 2.75) is 18.3 Å². The summed E-state index contributed by atoms with van der Waals surface area (Å²) in [6.45, 7) is 0. The summed E-state index contributed by atoms with van der Waals surface area (Å²) in [6.07, 6.45) is 6.23. The molecule has 1 N–H and O–H groups in total. The van der Waals surface area contributed by atoms with E-state index >= 15 is 0 Å². The fourth-order valence-electron chi connectivity index (χ4n) is 2.99. The summed E-state index contributed by atoms with van der Waals surface area (Å²) >= 11 is 0. The first-order valence-electron chi connectivity index (χ1n) is 7.72. The van der Waals surface area contributed by atoms with Gasteiger partial charge in [-0.2, -0.15) is 5.10 Å². The molecule has 1 fully saturated rings. The Hall–Kier alpha value is -2.74. The molecule has 0 radical (unpaired) electrons. The summed E-state index contributed by atoms with van der Waals surface area (Å²) in [7, 11) is -0.179. The Labute approximate surface area is 146 Å². The van der Waals surface area contributed by atoms with Crippen molar-refractivity contribution < 1.29 is 18.5 Å². The number of amides is 1. The molecule has 1 atom stereocenters. The van der Waals surface area contributed by atoms with Crippen LogP contribution in [0.4, 0.5) is 0 Å². The van der Waals surface area contributed by atoms with Crippen LogP contribution in [0.25, 0.3) is 16.2 Å². The quantitative estimate of drug-likeness (QED) is 0.834. The predicted octanol–water partition coefficient (Wildman–Crippen LogP) is 1.35. The third-order valence-corrected chi connectivity index (χ3v) is 5.61. The van der Waals surface area contributed by atoms with Crippen molar-refractivity contribution in [3.8, 4) is 11.1 Å². The Morgan fingerprint density at radius 3 is 2.56 bits per heavy atom. The minimum atomic E-state index is -1.59. The van der Waals surface area contributed by atoms with Gasteiger partial charge in [-0.3, -0.25) is 14.3 Å². The summed E-state index contributed by atoms with van der Waals surface area (Å²) in [6, 6.07) is 7.69. The molecule has 25 heavy (non-hydrogen) atoms. The topological polar surface area (TPSA) is 90.3 Å². The summed E-state index contributed by atoms with van der Waals surface area (Å²) in [5.74, 6) is -0.590. The molecule has 2 aromatic rings. The van der Waals surface area contributed by atoms with Gasteiger partial charge >= 0.3 is 5.97 Å². The van der Waals surface area contributed by atoms with Crippen molar-refractivity contribution in [2.24, 2.45) is 0 Å². The van der Waals surface area contributed by atoms with Crippen LogP contribution in [0, 0.1) is 0 Å². The second-order valence-electron chi connectivity index (χ2n) is 6.04. The number of carbonyl (C=O) groups excluding carboxylic acids is 2. The molecule has 8 heteroatoms. The summed E-state index contributed by atoms with van der Waals surface area (Å²) in [5.41, 5.74) is 2.20. The molecule has 2 aliphatic rings. The molecule has 1 saturated carbocycles. The van der Waals surface area contributed by atoms with Crippen LogP contribution >= 0.6 is 0 Å². The largest absolute Gasteiger partial charge is 0.468 e. The van der Waals surface area contributed by atoms with E-state index in [0.717, 1.165) is 29.5 Å². The van der Waals surface area contributed by atoms with Crippen LogP contribution in [0.15, 0.2) is 42.7 Å². The molecule has 0 bridgehead atoms. The van der Waals surface area contributed by atoms with Crippen LogP contribution < -0.4 is 4.72 Å². The average molecular weight is 357 g/mol. The third-order valence-electron chi connectivity index (χ3n) is 4.54. The smallest absolute Gasteiger partial charge is 0.316 e. The normalized spacial score (nSPS) is 20.8. The van der Waals surface area contributed by atoms with Crippen LogP contribution in [-0.2, 0) is 30.7 Å². The number of benzene rings is 1. The van der Waals surface area contributed by atoms with Crippen molar-refractivity contribution in [3.05, 3.63) is 48.3 Å². The van der Waals surface area contributed by atoms with Gasteiger partial charge in [0.1, 0.15) is 0 Å². The monoisotopic (exact) mass is 357 g/mol. The Morgan fingerprint density at radius 1 is 1.28 bits per heavy atom. The van der Waals surface area contributed by atoms with E-state index in [1.807, 2.05) is 24.3 Å². The molecule has 0 saturated heterocycles. The summed E-state index contributed by atoms with van der Waals surface area (Å²) in [4.78, 5) is 23.2. The summed E-state index contributed by atoms with van der Waals surface area (Å²) < 4.78 is 20.4. The molecule has 1 unspecified atom stereocenters. The van der Waals surface area contributed by atoms with Gasteiger partial charge in [0, 0.05) is 17.8 Å². The number of nitrogens with one attached hydrogen (secondary N) is 1. The van der Waals surface area contributed by atoms with Gasteiger partial charge in [-0.1, -0.05) is 24.3 Å². The van der Waals surface area contributed by atoms with Crippen molar-refractivity contribution in [1.29, 1.82) is 0 Å². The van der Waals surface area contributed by atoms with Gasteiger partial charge in [0.2, 0.25) is 0 Å². The third kappa shape index (κ3) is 2.58. The van der Waals surface area contributed by atoms with E-state index in [9.17, 15) is 13.8 Å². The zero-order chi connectivity index (χ0) is 17.6. The van der Waals surface area contributed by atoms with Gasteiger partial charge in [0.15, 0.2) is 16.0 Å². The van der Waals surface area contributed by atoms with Crippen molar-refractivity contribution in [1.82, 2.24) is 14.5 Å². The van der Waals surface area contributed by atoms with Gasteiger partial charge in [0.05, 0.1) is 18.7 Å². The molecule has 2 heterocycles. The van der Waals surface area contributed by atoms with E-state index in [2.05, 4.69) is 9.82 Å². The van der Waals surface area contributed by atoms with E-state index in [-0.39, 0.29) is 5.97 Å². The molecule has 0 spiro atoms. The first-order valence-corrected chi connectivity index (χ1v) is 8.87. The maximum absolute atomic E-state index is 12.0. The second kappa shape index (κ2) is 5.66. The number of ether oxygens (including phenoxy) is 1. The number of methoxy groups -OCH3 is 1. The molecule has 1 aromatic heterocycles. The lowest BCUT2D eigenvalue weighted by Crippen LogP contribution is -2.21. The molecule has 1 aliphatic carbocycles. The molecule has 4 rings (SSSR count).